The summed E-state index contributed by atoms with van der Waals surface area (Å²) in [7, 11) is 0. The molecule has 0 radical (unpaired) electrons. The number of thiocarbonyl (C=S) groups is 1. The van der Waals surface area contributed by atoms with Crippen LogP contribution in [-0.4, -0.2) is 4.99 Å². The summed E-state index contributed by atoms with van der Waals surface area (Å²) in [5.74, 6) is -0.436. The van der Waals surface area contributed by atoms with Gasteiger partial charge in [0.15, 0.2) is 11.6 Å². The van der Waals surface area contributed by atoms with Gasteiger partial charge in [0.05, 0.1) is 10.0 Å². The molecule has 0 aliphatic rings. The van der Waals surface area contributed by atoms with Gasteiger partial charge in [0.1, 0.15) is 11.6 Å². The molecule has 2 aromatic rings. The molecular formula is C14H10Cl2FNOS. The van der Waals surface area contributed by atoms with Gasteiger partial charge in [-0.2, -0.15) is 0 Å². The third-order valence-electron chi connectivity index (χ3n) is 2.63. The Morgan fingerprint density at radius 3 is 2.65 bits per heavy atom. The van der Waals surface area contributed by atoms with Crippen LogP contribution in [0.4, 0.5) is 4.39 Å². The van der Waals surface area contributed by atoms with E-state index >= 15 is 0 Å². The molecule has 0 saturated carbocycles. The molecule has 0 spiro atoms. The molecule has 6 heteroatoms. The number of nitrogens with two attached hydrogens (primary N) is 1. The van der Waals surface area contributed by atoms with Gasteiger partial charge in [-0.15, -0.1) is 0 Å². The lowest BCUT2D eigenvalue weighted by Crippen LogP contribution is -2.09. The first-order chi connectivity index (χ1) is 9.49. The van der Waals surface area contributed by atoms with Crippen LogP contribution in [0.1, 0.15) is 11.1 Å². The summed E-state index contributed by atoms with van der Waals surface area (Å²) < 4.78 is 19.2. The van der Waals surface area contributed by atoms with Crippen molar-refractivity contribution in [1.29, 1.82) is 0 Å². The van der Waals surface area contributed by atoms with Gasteiger partial charge in [0, 0.05) is 11.1 Å². The Kier molecular flexibility index (Phi) is 4.81. The van der Waals surface area contributed by atoms with Crippen LogP contribution in [-0.2, 0) is 6.61 Å². The highest BCUT2D eigenvalue weighted by Crippen LogP contribution is 2.27. The molecular weight excluding hydrogens is 320 g/mol. The highest BCUT2D eigenvalue weighted by atomic mass is 35.5. The summed E-state index contributed by atoms with van der Waals surface area (Å²) >= 11 is 16.7. The predicted octanol–water partition coefficient (Wildman–Crippen LogP) is 4.35. The molecule has 0 aliphatic carbocycles. The van der Waals surface area contributed by atoms with Gasteiger partial charge < -0.3 is 10.5 Å². The zero-order valence-corrected chi connectivity index (χ0v) is 12.5. The van der Waals surface area contributed by atoms with Crippen molar-refractivity contribution < 1.29 is 9.13 Å². The molecule has 0 amide bonds. The number of benzene rings is 2. The lowest BCUT2D eigenvalue weighted by molar-refractivity contribution is 0.290. The van der Waals surface area contributed by atoms with E-state index in [2.05, 4.69) is 0 Å². The first kappa shape index (κ1) is 15.0. The Hall–Kier alpha value is -1.36. The SMILES string of the molecule is NC(=S)c1ccc(OCc2cccc(Cl)c2Cl)c(F)c1. The average Bonchev–Trinajstić information content (AvgIpc) is 2.41. The molecule has 20 heavy (non-hydrogen) atoms. The summed E-state index contributed by atoms with van der Waals surface area (Å²) in [4.78, 5) is 0.133. The fraction of sp³-hybridized carbons (Fsp3) is 0.0714. The maximum Gasteiger partial charge on any atom is 0.165 e. The van der Waals surface area contributed by atoms with Crippen molar-refractivity contribution in [2.45, 2.75) is 6.61 Å². The number of halogens is 3. The number of hydrogen-bond donors (Lipinski definition) is 1. The summed E-state index contributed by atoms with van der Waals surface area (Å²) in [5, 5.41) is 0.825. The van der Waals surface area contributed by atoms with E-state index in [4.69, 9.17) is 45.9 Å². The minimum Gasteiger partial charge on any atom is -0.486 e. The molecule has 0 aromatic heterocycles. The summed E-state index contributed by atoms with van der Waals surface area (Å²) in [6, 6.07) is 9.49. The van der Waals surface area contributed by atoms with Crippen molar-refractivity contribution in [3.05, 3.63) is 63.4 Å². The fourth-order valence-corrected chi connectivity index (χ4v) is 2.09. The van der Waals surface area contributed by atoms with Crippen LogP contribution in [0, 0.1) is 5.82 Å². The molecule has 2 rings (SSSR count). The normalized spacial score (nSPS) is 10.3. The Morgan fingerprint density at radius 1 is 1.25 bits per heavy atom. The van der Waals surface area contributed by atoms with E-state index in [1.165, 1.54) is 12.1 Å². The second kappa shape index (κ2) is 6.39. The van der Waals surface area contributed by atoms with Crippen molar-refractivity contribution in [3.8, 4) is 5.75 Å². The zero-order chi connectivity index (χ0) is 14.7. The highest BCUT2D eigenvalue weighted by molar-refractivity contribution is 7.80. The molecule has 2 N–H and O–H groups in total. The highest BCUT2D eigenvalue weighted by Gasteiger charge is 2.09. The molecule has 0 fully saturated rings. The largest absolute Gasteiger partial charge is 0.486 e. The smallest absolute Gasteiger partial charge is 0.165 e. The molecule has 2 nitrogen and oxygen atoms in total. The molecule has 0 saturated heterocycles. The third-order valence-corrected chi connectivity index (χ3v) is 3.72. The quantitative estimate of drug-likeness (QED) is 0.847. The third kappa shape index (κ3) is 3.39. The van der Waals surface area contributed by atoms with Gasteiger partial charge in [0.25, 0.3) is 0 Å². The minimum atomic E-state index is -0.534. The van der Waals surface area contributed by atoms with Crippen LogP contribution in [0.3, 0.4) is 0 Å². The van der Waals surface area contributed by atoms with Gasteiger partial charge in [-0.3, -0.25) is 0 Å². The summed E-state index contributed by atoms with van der Waals surface area (Å²) in [6.07, 6.45) is 0. The van der Waals surface area contributed by atoms with Crippen LogP contribution in [0.25, 0.3) is 0 Å². The van der Waals surface area contributed by atoms with Crippen molar-refractivity contribution in [1.82, 2.24) is 0 Å². The lowest BCUT2D eigenvalue weighted by Gasteiger charge is -2.10. The van der Waals surface area contributed by atoms with Gasteiger partial charge in [-0.25, -0.2) is 4.39 Å². The number of rotatable bonds is 4. The first-order valence-corrected chi connectivity index (χ1v) is 6.80. The Labute approximate surface area is 131 Å². The molecule has 2 aromatic carbocycles. The monoisotopic (exact) mass is 329 g/mol. The minimum absolute atomic E-state index is 0.0982. The number of ether oxygens (including phenoxy) is 1. The first-order valence-electron chi connectivity index (χ1n) is 5.64. The van der Waals surface area contributed by atoms with Gasteiger partial charge in [0.2, 0.25) is 0 Å². The molecule has 104 valence electrons. The van der Waals surface area contributed by atoms with Crippen LogP contribution in [0.2, 0.25) is 10.0 Å². The molecule has 0 bridgehead atoms. The van der Waals surface area contributed by atoms with Gasteiger partial charge in [-0.1, -0.05) is 47.6 Å². The van der Waals surface area contributed by atoms with Crippen LogP contribution in [0.15, 0.2) is 36.4 Å². The zero-order valence-electron chi connectivity index (χ0n) is 10.2. The van der Waals surface area contributed by atoms with Crippen molar-refractivity contribution in [2.24, 2.45) is 5.73 Å². The molecule has 0 unspecified atom stereocenters. The van der Waals surface area contributed by atoms with E-state index in [0.29, 0.717) is 21.2 Å². The van der Waals surface area contributed by atoms with E-state index < -0.39 is 5.82 Å². The van der Waals surface area contributed by atoms with E-state index in [-0.39, 0.29) is 17.3 Å². The summed E-state index contributed by atoms with van der Waals surface area (Å²) in [6.45, 7) is 0.114. The second-order valence-electron chi connectivity index (χ2n) is 4.01. The topological polar surface area (TPSA) is 35.2 Å². The van der Waals surface area contributed by atoms with E-state index in [1.54, 1.807) is 24.3 Å². The Balaban J connectivity index is 2.15. The van der Waals surface area contributed by atoms with Crippen molar-refractivity contribution in [2.75, 3.05) is 0 Å². The van der Waals surface area contributed by atoms with Crippen LogP contribution >= 0.6 is 35.4 Å². The lowest BCUT2D eigenvalue weighted by atomic mass is 10.2. The molecule has 0 atom stereocenters. The van der Waals surface area contributed by atoms with E-state index in [9.17, 15) is 4.39 Å². The van der Waals surface area contributed by atoms with E-state index in [1.807, 2.05) is 0 Å². The Bertz CT molecular complexity index is 664. The van der Waals surface area contributed by atoms with Gasteiger partial charge >= 0.3 is 0 Å². The van der Waals surface area contributed by atoms with Crippen LogP contribution in [0.5, 0.6) is 5.75 Å². The average molecular weight is 330 g/mol. The van der Waals surface area contributed by atoms with E-state index in [0.717, 1.165) is 0 Å². The predicted molar refractivity (Wildman–Crippen MR) is 83.1 cm³/mol. The Morgan fingerprint density at radius 2 is 2.00 bits per heavy atom. The molecule has 0 heterocycles. The van der Waals surface area contributed by atoms with Crippen molar-refractivity contribution >= 4 is 40.4 Å². The fourth-order valence-electron chi connectivity index (χ4n) is 1.59. The summed E-state index contributed by atoms with van der Waals surface area (Å²) in [5.41, 5.74) is 6.55. The standard InChI is InChI=1S/C14H10Cl2FNOS/c15-10-3-1-2-9(13(10)16)7-19-12-5-4-8(14(18)20)6-11(12)17/h1-6H,7H2,(H2,18,20). The maximum atomic E-state index is 13.8. The number of hydrogen-bond acceptors (Lipinski definition) is 2. The maximum absolute atomic E-state index is 13.8. The molecule has 0 aliphatic heterocycles. The van der Waals surface area contributed by atoms with Gasteiger partial charge in [-0.05, 0) is 24.3 Å². The second-order valence-corrected chi connectivity index (χ2v) is 5.24. The van der Waals surface area contributed by atoms with Crippen molar-refractivity contribution in [3.63, 3.8) is 0 Å². The van der Waals surface area contributed by atoms with Crippen LogP contribution < -0.4 is 10.5 Å².